The monoisotopic (exact) mass is 202 g/mol. The molecule has 2 heteroatoms. The molecule has 0 unspecified atom stereocenters. The number of allylic oxidation sites excluding steroid dienone is 1. The Hall–Kier alpha value is -1.83. The fourth-order valence-corrected chi connectivity index (χ4v) is 1.09. The van der Waals surface area contributed by atoms with Crippen LogP contribution in [-0.2, 0) is 9.53 Å². The first-order chi connectivity index (χ1) is 7.24. The van der Waals surface area contributed by atoms with Gasteiger partial charge in [0.2, 0.25) is 0 Å². The number of hydrogen-bond donors (Lipinski definition) is 0. The van der Waals surface area contributed by atoms with Gasteiger partial charge in [0.1, 0.15) is 0 Å². The molecule has 0 heterocycles. The molecule has 1 rings (SSSR count). The van der Waals surface area contributed by atoms with Crippen molar-refractivity contribution in [2.24, 2.45) is 0 Å². The molecule has 0 amide bonds. The number of hydrogen-bond acceptors (Lipinski definition) is 2. The Balaban J connectivity index is 2.61. The van der Waals surface area contributed by atoms with Crippen molar-refractivity contribution < 1.29 is 9.53 Å². The molecule has 78 valence electrons. The van der Waals surface area contributed by atoms with Gasteiger partial charge < -0.3 is 4.74 Å². The molecule has 0 fully saturated rings. The minimum Gasteiger partial charge on any atom is -0.434 e. The highest BCUT2D eigenvalue weighted by Crippen LogP contribution is 2.12. The Morgan fingerprint density at radius 2 is 2.07 bits per heavy atom. The van der Waals surface area contributed by atoms with Crippen LogP contribution in [0.15, 0.2) is 49.2 Å². The van der Waals surface area contributed by atoms with E-state index in [9.17, 15) is 4.79 Å². The van der Waals surface area contributed by atoms with Crippen LogP contribution < -0.4 is 0 Å². The van der Waals surface area contributed by atoms with Crippen molar-refractivity contribution in [2.75, 3.05) is 0 Å². The lowest BCUT2D eigenvalue weighted by Crippen LogP contribution is -1.97. The molecule has 1 aromatic rings. The largest absolute Gasteiger partial charge is 0.434 e. The maximum atomic E-state index is 11.0. The van der Waals surface area contributed by atoms with Crippen molar-refractivity contribution in [2.45, 2.75) is 13.3 Å². The van der Waals surface area contributed by atoms with E-state index in [0.717, 1.165) is 11.1 Å². The Morgan fingerprint density at radius 1 is 1.40 bits per heavy atom. The van der Waals surface area contributed by atoms with Gasteiger partial charge in [0.25, 0.3) is 0 Å². The molecule has 1 aromatic carbocycles. The quantitative estimate of drug-likeness (QED) is 0.426. The van der Waals surface area contributed by atoms with E-state index in [-0.39, 0.29) is 12.4 Å². The Morgan fingerprint density at radius 3 is 2.67 bits per heavy atom. The second-order valence-electron chi connectivity index (χ2n) is 3.15. The minimum atomic E-state index is -0.291. The lowest BCUT2D eigenvalue weighted by molar-refractivity contribution is -0.136. The van der Waals surface area contributed by atoms with Crippen molar-refractivity contribution in [3.05, 3.63) is 54.8 Å². The normalized spacial score (nSPS) is 10.9. The lowest BCUT2D eigenvalue weighted by atomic mass is 10.1. The maximum absolute atomic E-state index is 11.0. The topological polar surface area (TPSA) is 26.3 Å². The molecule has 0 radical (unpaired) electrons. The second-order valence-corrected chi connectivity index (χ2v) is 3.15. The molecule has 2 nitrogen and oxygen atoms in total. The molecular formula is C13H14O2. The number of carbonyl (C=O) groups is 1. The summed E-state index contributed by atoms with van der Waals surface area (Å²) in [7, 11) is 0. The smallest absolute Gasteiger partial charge is 0.314 e. The molecule has 0 aliphatic rings. The van der Waals surface area contributed by atoms with Crippen molar-refractivity contribution in [1.29, 1.82) is 0 Å². The van der Waals surface area contributed by atoms with E-state index in [1.807, 2.05) is 37.3 Å². The van der Waals surface area contributed by atoms with E-state index in [4.69, 9.17) is 4.74 Å². The SMILES string of the molecule is C=CCC(=O)OC=C(C)c1ccccc1. The molecule has 0 aromatic heterocycles. The van der Waals surface area contributed by atoms with E-state index in [0.29, 0.717) is 0 Å². The Labute approximate surface area is 89.9 Å². The summed E-state index contributed by atoms with van der Waals surface area (Å²) < 4.78 is 4.93. The number of rotatable bonds is 4. The van der Waals surface area contributed by atoms with Gasteiger partial charge in [0.15, 0.2) is 0 Å². The molecule has 0 aliphatic carbocycles. The Kier molecular flexibility index (Phi) is 4.35. The predicted octanol–water partition coefficient (Wildman–Crippen LogP) is 3.17. The first-order valence-corrected chi connectivity index (χ1v) is 4.76. The highest BCUT2D eigenvalue weighted by Gasteiger charge is 1.98. The van der Waals surface area contributed by atoms with Crippen LogP contribution in [0.25, 0.3) is 5.57 Å². The molecular weight excluding hydrogens is 188 g/mol. The van der Waals surface area contributed by atoms with Gasteiger partial charge in [-0.3, -0.25) is 4.79 Å². The lowest BCUT2D eigenvalue weighted by Gasteiger charge is -2.01. The molecule has 0 bridgehead atoms. The third kappa shape index (κ3) is 3.81. The van der Waals surface area contributed by atoms with Gasteiger partial charge in [0.05, 0.1) is 12.7 Å². The fraction of sp³-hybridized carbons (Fsp3) is 0.154. The van der Waals surface area contributed by atoms with Crippen LogP contribution in [-0.4, -0.2) is 5.97 Å². The van der Waals surface area contributed by atoms with Crippen LogP contribution in [0.1, 0.15) is 18.9 Å². The summed E-state index contributed by atoms with van der Waals surface area (Å²) >= 11 is 0. The average molecular weight is 202 g/mol. The zero-order valence-corrected chi connectivity index (χ0v) is 8.77. The number of ether oxygens (including phenoxy) is 1. The van der Waals surface area contributed by atoms with Crippen LogP contribution in [0.5, 0.6) is 0 Å². The van der Waals surface area contributed by atoms with Gasteiger partial charge in [-0.25, -0.2) is 0 Å². The van der Waals surface area contributed by atoms with Gasteiger partial charge >= 0.3 is 5.97 Å². The minimum absolute atomic E-state index is 0.235. The summed E-state index contributed by atoms with van der Waals surface area (Å²) in [5.74, 6) is -0.291. The summed E-state index contributed by atoms with van der Waals surface area (Å²) in [5, 5.41) is 0. The zero-order chi connectivity index (χ0) is 11.1. The molecule has 15 heavy (non-hydrogen) atoms. The molecule has 0 saturated carbocycles. The van der Waals surface area contributed by atoms with E-state index in [1.54, 1.807) is 0 Å². The summed E-state index contributed by atoms with van der Waals surface area (Å²) in [6.45, 7) is 5.36. The van der Waals surface area contributed by atoms with Crippen LogP contribution in [0.2, 0.25) is 0 Å². The van der Waals surface area contributed by atoms with Gasteiger partial charge in [-0.2, -0.15) is 0 Å². The molecule has 0 N–H and O–H groups in total. The highest BCUT2D eigenvalue weighted by molar-refractivity contribution is 5.73. The summed E-state index contributed by atoms with van der Waals surface area (Å²) in [6.07, 6.45) is 3.23. The standard InChI is InChI=1S/C13H14O2/c1-3-7-13(14)15-10-11(2)12-8-5-4-6-9-12/h3-6,8-10H,1,7H2,2H3. The third-order valence-electron chi connectivity index (χ3n) is 1.91. The maximum Gasteiger partial charge on any atom is 0.314 e. The molecule has 0 atom stereocenters. The van der Waals surface area contributed by atoms with Crippen molar-refractivity contribution in [1.82, 2.24) is 0 Å². The second kappa shape index (κ2) is 5.81. The number of benzene rings is 1. The number of esters is 1. The van der Waals surface area contributed by atoms with E-state index < -0.39 is 0 Å². The van der Waals surface area contributed by atoms with Gasteiger partial charge in [-0.15, -0.1) is 6.58 Å². The van der Waals surface area contributed by atoms with Crippen LogP contribution in [0.3, 0.4) is 0 Å². The van der Waals surface area contributed by atoms with Crippen molar-refractivity contribution in [3.63, 3.8) is 0 Å². The first-order valence-electron chi connectivity index (χ1n) is 4.76. The predicted molar refractivity (Wildman–Crippen MR) is 61.0 cm³/mol. The molecule has 0 aliphatic heterocycles. The van der Waals surface area contributed by atoms with Crippen molar-refractivity contribution in [3.8, 4) is 0 Å². The van der Waals surface area contributed by atoms with Crippen LogP contribution >= 0.6 is 0 Å². The summed E-state index contributed by atoms with van der Waals surface area (Å²) in [4.78, 5) is 11.0. The Bertz CT molecular complexity index is 363. The van der Waals surface area contributed by atoms with Crippen LogP contribution in [0, 0.1) is 0 Å². The summed E-state index contributed by atoms with van der Waals surface area (Å²) in [5.41, 5.74) is 1.97. The van der Waals surface area contributed by atoms with Crippen LogP contribution in [0.4, 0.5) is 0 Å². The van der Waals surface area contributed by atoms with Crippen molar-refractivity contribution >= 4 is 11.5 Å². The summed E-state index contributed by atoms with van der Waals surface area (Å²) in [6, 6.07) is 9.76. The van der Waals surface area contributed by atoms with E-state index in [1.165, 1.54) is 12.3 Å². The van der Waals surface area contributed by atoms with E-state index >= 15 is 0 Å². The highest BCUT2D eigenvalue weighted by atomic mass is 16.5. The van der Waals surface area contributed by atoms with Gasteiger partial charge in [0, 0.05) is 0 Å². The van der Waals surface area contributed by atoms with E-state index in [2.05, 4.69) is 6.58 Å². The third-order valence-corrected chi connectivity index (χ3v) is 1.91. The van der Waals surface area contributed by atoms with Gasteiger partial charge in [-0.1, -0.05) is 36.4 Å². The van der Waals surface area contributed by atoms with Gasteiger partial charge in [-0.05, 0) is 18.1 Å². The number of carbonyl (C=O) groups excluding carboxylic acids is 1. The molecule has 0 spiro atoms. The fourth-order valence-electron chi connectivity index (χ4n) is 1.09. The first kappa shape index (κ1) is 11.2. The average Bonchev–Trinajstić information content (AvgIpc) is 2.27. The molecule has 0 saturated heterocycles. The zero-order valence-electron chi connectivity index (χ0n) is 8.77.